The Labute approximate surface area is 187 Å². The van der Waals surface area contributed by atoms with E-state index in [0.29, 0.717) is 19.1 Å². The second kappa shape index (κ2) is 12.3. The molecule has 1 aliphatic heterocycles. The van der Waals surface area contributed by atoms with Crippen molar-refractivity contribution < 1.29 is 34.7 Å². The van der Waals surface area contributed by atoms with Crippen LogP contribution in [0.25, 0.3) is 0 Å². The summed E-state index contributed by atoms with van der Waals surface area (Å²) < 4.78 is 5.83. The van der Waals surface area contributed by atoms with E-state index in [0.717, 1.165) is 31.9 Å². The van der Waals surface area contributed by atoms with Crippen molar-refractivity contribution in [1.82, 2.24) is 4.90 Å². The van der Waals surface area contributed by atoms with E-state index in [4.69, 9.17) is 4.74 Å². The predicted octanol–water partition coefficient (Wildman–Crippen LogP) is -2.31. The van der Waals surface area contributed by atoms with Gasteiger partial charge >= 0.3 is 0 Å². The summed E-state index contributed by atoms with van der Waals surface area (Å²) in [6, 6.07) is 16.7. The number of aliphatic hydroxyl groups excluding tert-OH is 1. The highest BCUT2D eigenvalue weighted by atomic mass is 35.5. The van der Waals surface area contributed by atoms with E-state index in [9.17, 15) is 5.11 Å². The molecule has 0 aromatic heterocycles. The van der Waals surface area contributed by atoms with E-state index < -0.39 is 6.10 Å². The summed E-state index contributed by atoms with van der Waals surface area (Å²) >= 11 is 0. The fourth-order valence-corrected chi connectivity index (χ4v) is 3.76. The third kappa shape index (κ3) is 7.38. The first kappa shape index (κ1) is 25.6. The number of para-hydroxylation sites is 1. The lowest BCUT2D eigenvalue weighted by Gasteiger charge is -2.36. The number of ether oxygens (including phenoxy) is 1. The molecule has 0 saturated carbocycles. The summed E-state index contributed by atoms with van der Waals surface area (Å²) in [5.41, 5.74) is 3.87. The molecule has 0 radical (unpaired) electrons. The van der Waals surface area contributed by atoms with Gasteiger partial charge in [0, 0.05) is 38.4 Å². The van der Waals surface area contributed by atoms with Crippen LogP contribution in [0.15, 0.2) is 48.5 Å². The molecule has 1 atom stereocenters. The SMILES string of the molecule is Cc1cc(OCC(O)CN2CCN(c3ccccc3)CC2)ccc1C(C)C.[Cl-].[Cl-]. The van der Waals surface area contributed by atoms with Crippen LogP contribution in [0.1, 0.15) is 30.9 Å². The van der Waals surface area contributed by atoms with Gasteiger partial charge in [-0.25, -0.2) is 0 Å². The molecule has 0 bridgehead atoms. The number of anilines is 1. The van der Waals surface area contributed by atoms with Crippen LogP contribution < -0.4 is 34.5 Å². The number of benzene rings is 2. The lowest BCUT2D eigenvalue weighted by Crippen LogP contribution is -3.00. The molecule has 1 unspecified atom stereocenters. The average Bonchev–Trinajstić information content (AvgIpc) is 2.67. The summed E-state index contributed by atoms with van der Waals surface area (Å²) in [4.78, 5) is 4.72. The molecule has 0 spiro atoms. The number of hydrogen-bond donors (Lipinski definition) is 1. The second-order valence-electron chi connectivity index (χ2n) is 7.76. The molecule has 3 rings (SSSR count). The van der Waals surface area contributed by atoms with Gasteiger partial charge in [0.15, 0.2) is 0 Å². The minimum atomic E-state index is -0.474. The van der Waals surface area contributed by atoms with Gasteiger partial charge in [-0.1, -0.05) is 38.1 Å². The number of rotatable bonds is 7. The molecule has 1 saturated heterocycles. The Morgan fingerprint density at radius 1 is 0.966 bits per heavy atom. The molecule has 0 amide bonds. The van der Waals surface area contributed by atoms with Gasteiger partial charge in [-0.15, -0.1) is 0 Å². The minimum Gasteiger partial charge on any atom is -1.00 e. The molecular formula is C23H32Cl2N2O2-2. The Hall–Kier alpha value is -1.46. The van der Waals surface area contributed by atoms with E-state index in [2.05, 4.69) is 67.0 Å². The first-order valence-electron chi connectivity index (χ1n) is 9.96. The summed E-state index contributed by atoms with van der Waals surface area (Å²) in [7, 11) is 0. The van der Waals surface area contributed by atoms with Crippen molar-refractivity contribution in [3.05, 3.63) is 59.7 Å². The molecule has 2 aromatic rings. The van der Waals surface area contributed by atoms with Crippen molar-refractivity contribution in [2.75, 3.05) is 44.2 Å². The Morgan fingerprint density at radius 2 is 1.62 bits per heavy atom. The lowest BCUT2D eigenvalue weighted by atomic mass is 9.98. The molecule has 1 N–H and O–H groups in total. The smallest absolute Gasteiger partial charge is 0.119 e. The second-order valence-corrected chi connectivity index (χ2v) is 7.76. The number of nitrogens with zero attached hydrogens (tertiary/aromatic N) is 2. The quantitative estimate of drug-likeness (QED) is 0.526. The molecule has 29 heavy (non-hydrogen) atoms. The monoisotopic (exact) mass is 438 g/mol. The van der Waals surface area contributed by atoms with E-state index in [1.807, 2.05) is 12.1 Å². The summed E-state index contributed by atoms with van der Waals surface area (Å²) in [5.74, 6) is 1.35. The van der Waals surface area contributed by atoms with Crippen molar-refractivity contribution in [2.45, 2.75) is 32.8 Å². The van der Waals surface area contributed by atoms with Crippen LogP contribution in [0.2, 0.25) is 0 Å². The van der Waals surface area contributed by atoms with Gasteiger partial charge in [0.05, 0.1) is 0 Å². The Bertz CT molecular complexity index is 720. The predicted molar refractivity (Wildman–Crippen MR) is 112 cm³/mol. The zero-order valence-corrected chi connectivity index (χ0v) is 19.0. The van der Waals surface area contributed by atoms with E-state index >= 15 is 0 Å². The van der Waals surface area contributed by atoms with E-state index in [-0.39, 0.29) is 24.8 Å². The highest BCUT2D eigenvalue weighted by Gasteiger charge is 2.19. The van der Waals surface area contributed by atoms with Crippen molar-refractivity contribution in [2.24, 2.45) is 0 Å². The lowest BCUT2D eigenvalue weighted by molar-refractivity contribution is -0.001000. The Kier molecular flexibility index (Phi) is 10.8. The zero-order valence-electron chi connectivity index (χ0n) is 17.5. The molecule has 162 valence electrons. The van der Waals surface area contributed by atoms with Crippen LogP contribution in [-0.4, -0.2) is 55.4 Å². The Balaban J connectivity index is 0.00000210. The number of aryl methyl sites for hydroxylation is 1. The third-order valence-corrected chi connectivity index (χ3v) is 5.27. The molecule has 1 heterocycles. The van der Waals surface area contributed by atoms with Gasteiger partial charge in [-0.05, 0) is 48.2 Å². The maximum atomic E-state index is 10.4. The fourth-order valence-electron chi connectivity index (χ4n) is 3.76. The van der Waals surface area contributed by atoms with Crippen LogP contribution in [0.4, 0.5) is 5.69 Å². The first-order chi connectivity index (χ1) is 13.0. The molecule has 0 aliphatic carbocycles. The first-order valence-corrected chi connectivity index (χ1v) is 9.96. The van der Waals surface area contributed by atoms with Crippen LogP contribution in [0.5, 0.6) is 5.75 Å². The van der Waals surface area contributed by atoms with Gasteiger partial charge in [0.1, 0.15) is 18.5 Å². The maximum Gasteiger partial charge on any atom is 0.119 e. The number of β-amino-alcohol motifs (C(OH)–C–C–N with tert-alkyl or cyclic N) is 1. The average molecular weight is 439 g/mol. The largest absolute Gasteiger partial charge is 1.00 e. The normalized spacial score (nSPS) is 15.4. The third-order valence-electron chi connectivity index (χ3n) is 5.27. The van der Waals surface area contributed by atoms with Crippen LogP contribution in [-0.2, 0) is 0 Å². The highest BCUT2D eigenvalue weighted by Crippen LogP contribution is 2.23. The van der Waals surface area contributed by atoms with Gasteiger partial charge in [0.25, 0.3) is 0 Å². The molecule has 1 aliphatic rings. The van der Waals surface area contributed by atoms with Crippen molar-refractivity contribution >= 4 is 5.69 Å². The van der Waals surface area contributed by atoms with Crippen LogP contribution >= 0.6 is 0 Å². The fraction of sp³-hybridized carbons (Fsp3) is 0.478. The molecule has 1 fully saturated rings. The van der Waals surface area contributed by atoms with Gasteiger partial charge in [-0.3, -0.25) is 4.90 Å². The number of halogens is 2. The highest BCUT2D eigenvalue weighted by molar-refractivity contribution is 5.46. The minimum absolute atomic E-state index is 0. The van der Waals surface area contributed by atoms with Crippen molar-refractivity contribution in [3.63, 3.8) is 0 Å². The van der Waals surface area contributed by atoms with E-state index in [1.165, 1.54) is 16.8 Å². The number of hydrogen-bond acceptors (Lipinski definition) is 4. The molecule has 6 heteroatoms. The molecular weight excluding hydrogens is 407 g/mol. The topological polar surface area (TPSA) is 35.9 Å². The standard InChI is InChI=1S/C23H32N2O2.2ClH/c1-18(2)23-10-9-22(15-19(23)3)27-17-21(26)16-24-11-13-25(14-12-24)20-7-5-4-6-8-20;;/h4-10,15,18,21,26H,11-14,16-17H2,1-3H3;2*1H/p-2. The van der Waals surface area contributed by atoms with E-state index in [1.54, 1.807) is 0 Å². The summed E-state index contributed by atoms with van der Waals surface area (Å²) in [5, 5.41) is 10.4. The van der Waals surface area contributed by atoms with Gasteiger partial charge in [0.2, 0.25) is 0 Å². The number of piperazine rings is 1. The molecule has 2 aromatic carbocycles. The van der Waals surface area contributed by atoms with Crippen molar-refractivity contribution in [1.29, 1.82) is 0 Å². The summed E-state index contributed by atoms with van der Waals surface area (Å²) in [6.45, 7) is 11.4. The zero-order chi connectivity index (χ0) is 19.2. The van der Waals surface area contributed by atoms with Gasteiger partial charge < -0.3 is 39.6 Å². The van der Waals surface area contributed by atoms with Crippen LogP contribution in [0, 0.1) is 6.92 Å². The Morgan fingerprint density at radius 3 is 2.21 bits per heavy atom. The number of aliphatic hydroxyl groups is 1. The van der Waals surface area contributed by atoms with Crippen LogP contribution in [0.3, 0.4) is 0 Å². The van der Waals surface area contributed by atoms with Crippen molar-refractivity contribution in [3.8, 4) is 5.75 Å². The molecule has 4 nitrogen and oxygen atoms in total. The maximum absolute atomic E-state index is 10.4. The van der Waals surface area contributed by atoms with Gasteiger partial charge in [-0.2, -0.15) is 0 Å². The summed E-state index contributed by atoms with van der Waals surface area (Å²) in [6.07, 6.45) is -0.474.